The van der Waals surface area contributed by atoms with E-state index in [1.807, 2.05) is 6.92 Å². The van der Waals surface area contributed by atoms with Crippen molar-refractivity contribution in [2.24, 2.45) is 0 Å². The number of amides is 1. The average molecular weight is 342 g/mol. The molecule has 0 aliphatic carbocycles. The number of rotatable bonds is 2. The van der Waals surface area contributed by atoms with Gasteiger partial charge in [-0.05, 0) is 43.9 Å². The molecule has 1 aromatic carbocycles. The molecule has 0 bridgehead atoms. The number of nitrogens with zero attached hydrogens (tertiary/aromatic N) is 2. The highest BCUT2D eigenvalue weighted by atomic mass is 32.1. The van der Waals surface area contributed by atoms with Crippen molar-refractivity contribution in [2.75, 3.05) is 6.54 Å². The van der Waals surface area contributed by atoms with Crippen molar-refractivity contribution in [1.82, 2.24) is 9.88 Å². The van der Waals surface area contributed by atoms with E-state index in [1.165, 1.54) is 11.3 Å². The van der Waals surface area contributed by atoms with E-state index >= 15 is 0 Å². The average Bonchev–Trinajstić information content (AvgIpc) is 2.95. The third-order valence-electron chi connectivity index (χ3n) is 4.12. The fraction of sp³-hybridized carbons (Fsp3) is 0.500. The third kappa shape index (κ3) is 3.20. The molecule has 1 fully saturated rings. The topological polar surface area (TPSA) is 33.2 Å². The van der Waals surface area contributed by atoms with Crippen molar-refractivity contribution in [3.8, 4) is 0 Å². The van der Waals surface area contributed by atoms with E-state index in [-0.39, 0.29) is 13.0 Å². The minimum atomic E-state index is -4.37. The molecule has 0 N–H and O–H groups in total. The van der Waals surface area contributed by atoms with Crippen LogP contribution in [0.25, 0.3) is 10.2 Å². The number of aryl methyl sites for hydroxylation is 1. The first-order chi connectivity index (χ1) is 10.9. The van der Waals surface area contributed by atoms with Gasteiger partial charge in [-0.25, -0.2) is 4.98 Å². The highest BCUT2D eigenvalue weighted by Gasteiger charge is 2.46. The lowest BCUT2D eigenvalue weighted by molar-refractivity contribution is -0.183. The lowest BCUT2D eigenvalue weighted by Gasteiger charge is -2.36. The van der Waals surface area contributed by atoms with Crippen molar-refractivity contribution in [2.45, 2.75) is 44.8 Å². The number of likely N-dealkylation sites (tertiary alicyclic amines) is 1. The summed E-state index contributed by atoms with van der Waals surface area (Å²) >= 11 is 1.48. The predicted octanol–water partition coefficient (Wildman–Crippen LogP) is 4.42. The maximum absolute atomic E-state index is 13.2. The smallest absolute Gasteiger partial charge is 0.327 e. The number of aromatic nitrogens is 1. The summed E-state index contributed by atoms with van der Waals surface area (Å²) in [5.41, 5.74) is 1.09. The number of halogens is 3. The van der Waals surface area contributed by atoms with Gasteiger partial charge < -0.3 is 4.90 Å². The molecule has 0 saturated carbocycles. The Morgan fingerprint density at radius 3 is 2.87 bits per heavy atom. The Labute approximate surface area is 136 Å². The van der Waals surface area contributed by atoms with Gasteiger partial charge >= 0.3 is 6.18 Å². The first-order valence-electron chi connectivity index (χ1n) is 7.67. The van der Waals surface area contributed by atoms with E-state index in [4.69, 9.17) is 0 Å². The van der Waals surface area contributed by atoms with Crippen LogP contribution in [0.2, 0.25) is 0 Å². The second-order valence-electron chi connectivity index (χ2n) is 5.70. The lowest BCUT2D eigenvalue weighted by Crippen LogP contribution is -2.51. The van der Waals surface area contributed by atoms with Crippen molar-refractivity contribution < 1.29 is 18.0 Å². The van der Waals surface area contributed by atoms with Crippen molar-refractivity contribution in [3.63, 3.8) is 0 Å². The van der Waals surface area contributed by atoms with Crippen LogP contribution in [-0.2, 0) is 6.42 Å². The van der Waals surface area contributed by atoms with Crippen LogP contribution in [0.1, 0.15) is 41.6 Å². The number of thiazole rings is 1. The van der Waals surface area contributed by atoms with E-state index in [9.17, 15) is 18.0 Å². The van der Waals surface area contributed by atoms with Crippen LogP contribution < -0.4 is 0 Å². The minimum Gasteiger partial charge on any atom is -0.327 e. The summed E-state index contributed by atoms with van der Waals surface area (Å²) < 4.78 is 40.3. The molecule has 2 aromatic rings. The molecule has 1 atom stereocenters. The molecule has 1 aromatic heterocycles. The number of alkyl halides is 3. The zero-order valence-electron chi connectivity index (χ0n) is 12.7. The Balaban J connectivity index is 1.91. The van der Waals surface area contributed by atoms with E-state index in [2.05, 4.69) is 4.98 Å². The Kier molecular flexibility index (Phi) is 4.31. The van der Waals surface area contributed by atoms with Gasteiger partial charge in [-0.1, -0.05) is 6.92 Å². The summed E-state index contributed by atoms with van der Waals surface area (Å²) in [6, 6.07) is 3.28. The standard InChI is InChI=1S/C16H17F3N2OS/c1-2-14-20-11-7-6-10(9-12(11)23-14)15(22)21-8-4-3-5-13(21)16(17,18)19/h6-7,9,13H,2-5,8H2,1H3. The molecular weight excluding hydrogens is 325 g/mol. The highest BCUT2D eigenvalue weighted by molar-refractivity contribution is 7.18. The number of hydrogen-bond acceptors (Lipinski definition) is 3. The predicted molar refractivity (Wildman–Crippen MR) is 83.7 cm³/mol. The first kappa shape index (κ1) is 16.2. The Bertz CT molecular complexity index is 726. The van der Waals surface area contributed by atoms with Gasteiger partial charge in [0.2, 0.25) is 0 Å². The van der Waals surface area contributed by atoms with Gasteiger partial charge in [-0.15, -0.1) is 11.3 Å². The van der Waals surface area contributed by atoms with E-state index < -0.39 is 18.1 Å². The van der Waals surface area contributed by atoms with Gasteiger partial charge in [0, 0.05) is 12.1 Å². The molecule has 1 unspecified atom stereocenters. The first-order valence-corrected chi connectivity index (χ1v) is 8.49. The highest BCUT2D eigenvalue weighted by Crippen LogP contribution is 2.33. The van der Waals surface area contributed by atoms with Crippen LogP contribution >= 0.6 is 11.3 Å². The molecule has 0 radical (unpaired) electrons. The van der Waals surface area contributed by atoms with Crippen molar-refractivity contribution in [3.05, 3.63) is 28.8 Å². The second-order valence-corrected chi connectivity index (χ2v) is 6.81. The Hall–Kier alpha value is -1.63. The maximum atomic E-state index is 13.2. The minimum absolute atomic E-state index is 0.0158. The van der Waals surface area contributed by atoms with Crippen LogP contribution in [0.5, 0.6) is 0 Å². The molecular formula is C16H17F3N2OS. The molecule has 1 saturated heterocycles. The molecule has 3 nitrogen and oxygen atoms in total. The summed E-state index contributed by atoms with van der Waals surface area (Å²) in [6.07, 6.45) is -2.48. The zero-order chi connectivity index (χ0) is 16.6. The van der Waals surface area contributed by atoms with E-state index in [0.717, 1.165) is 26.5 Å². The summed E-state index contributed by atoms with van der Waals surface area (Å²) in [5, 5.41) is 0.954. The quantitative estimate of drug-likeness (QED) is 0.810. The van der Waals surface area contributed by atoms with Gasteiger partial charge in [-0.2, -0.15) is 13.2 Å². The molecule has 1 aliphatic heterocycles. The SMILES string of the molecule is CCc1nc2ccc(C(=O)N3CCCCC3C(F)(F)F)cc2s1. The molecule has 1 aliphatic rings. The van der Waals surface area contributed by atoms with Crippen molar-refractivity contribution in [1.29, 1.82) is 0 Å². The fourth-order valence-corrected chi connectivity index (χ4v) is 3.88. The molecule has 7 heteroatoms. The molecule has 23 heavy (non-hydrogen) atoms. The summed E-state index contributed by atoms with van der Waals surface area (Å²) in [5.74, 6) is -0.541. The molecule has 0 spiro atoms. The normalized spacial score (nSPS) is 19.3. The third-order valence-corrected chi connectivity index (χ3v) is 5.29. The van der Waals surface area contributed by atoms with Gasteiger partial charge in [0.1, 0.15) is 6.04 Å². The lowest BCUT2D eigenvalue weighted by atomic mass is 10.0. The Morgan fingerprint density at radius 1 is 1.39 bits per heavy atom. The van der Waals surface area contributed by atoms with Gasteiger partial charge in [-0.3, -0.25) is 4.79 Å². The number of fused-ring (bicyclic) bond motifs is 1. The number of benzene rings is 1. The largest absolute Gasteiger partial charge is 0.408 e. The summed E-state index contributed by atoms with van der Waals surface area (Å²) in [4.78, 5) is 18.0. The number of carbonyl (C=O) groups excluding carboxylic acids is 1. The van der Waals surface area contributed by atoms with Crippen LogP contribution in [0.3, 0.4) is 0 Å². The monoisotopic (exact) mass is 342 g/mol. The van der Waals surface area contributed by atoms with Crippen LogP contribution in [-0.4, -0.2) is 34.6 Å². The van der Waals surface area contributed by atoms with E-state index in [0.29, 0.717) is 18.4 Å². The fourth-order valence-electron chi connectivity index (χ4n) is 2.94. The van der Waals surface area contributed by atoms with Gasteiger partial charge in [0.25, 0.3) is 5.91 Å². The second kappa shape index (κ2) is 6.11. The maximum Gasteiger partial charge on any atom is 0.408 e. The molecule has 2 heterocycles. The summed E-state index contributed by atoms with van der Waals surface area (Å²) in [6.45, 7) is 2.15. The summed E-state index contributed by atoms with van der Waals surface area (Å²) in [7, 11) is 0. The van der Waals surface area contributed by atoms with Gasteiger partial charge in [0.05, 0.1) is 15.2 Å². The van der Waals surface area contributed by atoms with Crippen LogP contribution in [0.15, 0.2) is 18.2 Å². The molecule has 3 rings (SSSR count). The number of hydrogen-bond donors (Lipinski definition) is 0. The van der Waals surface area contributed by atoms with Crippen LogP contribution in [0.4, 0.5) is 13.2 Å². The zero-order valence-corrected chi connectivity index (χ0v) is 13.5. The van der Waals surface area contributed by atoms with Crippen LogP contribution in [0, 0.1) is 0 Å². The molecule has 124 valence electrons. The van der Waals surface area contributed by atoms with Gasteiger partial charge in [0.15, 0.2) is 0 Å². The molecule has 1 amide bonds. The van der Waals surface area contributed by atoms with E-state index in [1.54, 1.807) is 18.2 Å². The number of piperidine rings is 1. The Morgan fingerprint density at radius 2 is 2.17 bits per heavy atom. The van der Waals surface area contributed by atoms with Crippen molar-refractivity contribution >= 4 is 27.5 Å². The number of carbonyl (C=O) groups is 1.